The molecule has 3 aromatic rings. The van der Waals surface area contributed by atoms with Crippen LogP contribution in [0.5, 0.6) is 0 Å². The molecule has 0 aliphatic carbocycles. The molecule has 1 amide bonds. The predicted octanol–water partition coefficient (Wildman–Crippen LogP) is 4.03. The number of hydrogen-bond donors (Lipinski definition) is 2. The number of carbonyl (C=O) groups is 1. The van der Waals surface area contributed by atoms with Gasteiger partial charge in [0.2, 0.25) is 5.95 Å². The molecule has 138 valence electrons. The molecule has 0 unspecified atom stereocenters. The summed E-state index contributed by atoms with van der Waals surface area (Å²) in [5.74, 6) is -0.352. The number of carbonyl (C=O) groups excluding carboxylic acids is 1. The lowest BCUT2D eigenvalue weighted by Crippen LogP contribution is -2.26. The van der Waals surface area contributed by atoms with Crippen molar-refractivity contribution < 1.29 is 9.18 Å². The van der Waals surface area contributed by atoms with Crippen molar-refractivity contribution in [1.82, 2.24) is 15.3 Å². The van der Waals surface area contributed by atoms with E-state index in [9.17, 15) is 9.18 Å². The smallest absolute Gasteiger partial charge is 0.270 e. The van der Waals surface area contributed by atoms with Crippen molar-refractivity contribution in [2.75, 3.05) is 11.9 Å². The molecule has 2 aromatic carbocycles. The van der Waals surface area contributed by atoms with Crippen molar-refractivity contribution in [3.8, 4) is 0 Å². The third-order valence-electron chi connectivity index (χ3n) is 3.94. The Morgan fingerprint density at radius 3 is 2.63 bits per heavy atom. The van der Waals surface area contributed by atoms with E-state index in [1.54, 1.807) is 25.1 Å². The molecule has 0 saturated heterocycles. The van der Waals surface area contributed by atoms with Crippen LogP contribution < -0.4 is 10.6 Å². The molecule has 27 heavy (non-hydrogen) atoms. The molecule has 1 heterocycles. The predicted molar refractivity (Wildman–Crippen MR) is 104 cm³/mol. The van der Waals surface area contributed by atoms with Crippen molar-refractivity contribution >= 4 is 17.5 Å². The van der Waals surface area contributed by atoms with Crippen LogP contribution in [0.25, 0.3) is 0 Å². The first kappa shape index (κ1) is 18.5. The monoisotopic (exact) mass is 364 g/mol. The number of benzene rings is 2. The lowest BCUT2D eigenvalue weighted by Gasteiger charge is -2.09. The lowest BCUT2D eigenvalue weighted by molar-refractivity contribution is 0.0948. The van der Waals surface area contributed by atoms with Crippen LogP contribution in [0.4, 0.5) is 16.0 Å². The van der Waals surface area contributed by atoms with Gasteiger partial charge in [-0.3, -0.25) is 4.79 Å². The van der Waals surface area contributed by atoms with Crippen LogP contribution in [0.3, 0.4) is 0 Å². The van der Waals surface area contributed by atoms with Crippen LogP contribution >= 0.6 is 0 Å². The maximum absolute atomic E-state index is 13.3. The topological polar surface area (TPSA) is 66.9 Å². The zero-order valence-corrected chi connectivity index (χ0v) is 15.1. The van der Waals surface area contributed by atoms with E-state index >= 15 is 0 Å². The van der Waals surface area contributed by atoms with Gasteiger partial charge in [0, 0.05) is 17.9 Å². The zero-order chi connectivity index (χ0) is 19.1. The highest BCUT2D eigenvalue weighted by Crippen LogP contribution is 2.15. The molecule has 6 heteroatoms. The van der Waals surface area contributed by atoms with Crippen molar-refractivity contribution in [2.45, 2.75) is 19.8 Å². The maximum atomic E-state index is 13.3. The van der Waals surface area contributed by atoms with Crippen LogP contribution in [0.15, 0.2) is 60.7 Å². The summed E-state index contributed by atoms with van der Waals surface area (Å²) >= 11 is 0. The van der Waals surface area contributed by atoms with Crippen molar-refractivity contribution in [1.29, 1.82) is 0 Å². The van der Waals surface area contributed by atoms with Gasteiger partial charge in [-0.2, -0.15) is 0 Å². The first-order chi connectivity index (χ1) is 13.1. The van der Waals surface area contributed by atoms with Gasteiger partial charge in [0.15, 0.2) is 0 Å². The average molecular weight is 364 g/mol. The number of rotatable bonds is 7. The minimum Gasteiger partial charge on any atom is -0.351 e. The van der Waals surface area contributed by atoms with Gasteiger partial charge in [0.05, 0.1) is 0 Å². The molecule has 0 spiro atoms. The fraction of sp³-hybridized carbons (Fsp3) is 0.190. The molecular weight excluding hydrogens is 343 g/mol. The van der Waals surface area contributed by atoms with Crippen LogP contribution in [0.1, 0.15) is 28.2 Å². The summed E-state index contributed by atoms with van der Waals surface area (Å²) in [6, 6.07) is 17.8. The molecule has 0 fully saturated rings. The van der Waals surface area contributed by atoms with E-state index in [2.05, 4.69) is 32.7 Å². The van der Waals surface area contributed by atoms with E-state index in [-0.39, 0.29) is 23.4 Å². The maximum Gasteiger partial charge on any atom is 0.270 e. The lowest BCUT2D eigenvalue weighted by atomic mass is 10.1. The van der Waals surface area contributed by atoms with Crippen LogP contribution in [-0.4, -0.2) is 22.4 Å². The summed E-state index contributed by atoms with van der Waals surface area (Å²) < 4.78 is 13.3. The summed E-state index contributed by atoms with van der Waals surface area (Å²) in [7, 11) is 0. The number of aryl methyl sites for hydroxylation is 2. The standard InChI is InChI=1S/C21H21FN4O/c1-15-13-19(20(27)23-12-6-9-16-7-3-2-4-8-16)26-21(24-15)25-18-11-5-10-17(22)14-18/h2-5,7-8,10-11,13-14H,6,9,12H2,1H3,(H,23,27)(H,24,25,26). The van der Waals surface area contributed by atoms with E-state index in [0.29, 0.717) is 17.9 Å². The summed E-state index contributed by atoms with van der Waals surface area (Å²) in [4.78, 5) is 20.9. The zero-order valence-electron chi connectivity index (χ0n) is 15.1. The Labute approximate surface area is 157 Å². The van der Waals surface area contributed by atoms with E-state index in [0.717, 1.165) is 12.8 Å². The number of anilines is 2. The van der Waals surface area contributed by atoms with Crippen LogP contribution in [0.2, 0.25) is 0 Å². The molecule has 0 atom stereocenters. The Bertz CT molecular complexity index is 915. The summed E-state index contributed by atoms with van der Waals surface area (Å²) in [5.41, 5.74) is 2.69. The molecular formula is C21H21FN4O. The highest BCUT2D eigenvalue weighted by Gasteiger charge is 2.10. The number of hydrogen-bond acceptors (Lipinski definition) is 4. The van der Waals surface area contributed by atoms with Gasteiger partial charge in [-0.25, -0.2) is 14.4 Å². The Hall–Kier alpha value is -3.28. The largest absolute Gasteiger partial charge is 0.351 e. The second-order valence-corrected chi connectivity index (χ2v) is 6.20. The van der Waals surface area contributed by atoms with E-state index < -0.39 is 0 Å². The molecule has 0 aliphatic heterocycles. The summed E-state index contributed by atoms with van der Waals surface area (Å²) in [5, 5.41) is 5.81. The fourth-order valence-electron chi connectivity index (χ4n) is 2.67. The first-order valence-electron chi connectivity index (χ1n) is 8.80. The van der Waals surface area contributed by atoms with E-state index in [1.165, 1.54) is 17.7 Å². The molecule has 0 aliphatic rings. The van der Waals surface area contributed by atoms with Crippen LogP contribution in [0, 0.1) is 12.7 Å². The van der Waals surface area contributed by atoms with Gasteiger partial charge < -0.3 is 10.6 Å². The van der Waals surface area contributed by atoms with Gasteiger partial charge in [0.1, 0.15) is 11.5 Å². The number of aromatic nitrogens is 2. The Morgan fingerprint density at radius 1 is 1.04 bits per heavy atom. The number of nitrogens with zero attached hydrogens (tertiary/aromatic N) is 2. The van der Waals surface area contributed by atoms with Crippen molar-refractivity contribution in [3.63, 3.8) is 0 Å². The highest BCUT2D eigenvalue weighted by atomic mass is 19.1. The summed E-state index contributed by atoms with van der Waals surface area (Å²) in [6.07, 6.45) is 1.74. The molecule has 1 aromatic heterocycles. The number of halogens is 1. The minimum atomic E-state index is -0.357. The SMILES string of the molecule is Cc1cc(C(=O)NCCCc2ccccc2)nc(Nc2cccc(F)c2)n1. The normalized spacial score (nSPS) is 10.4. The fourth-order valence-corrected chi connectivity index (χ4v) is 2.67. The first-order valence-corrected chi connectivity index (χ1v) is 8.80. The molecule has 0 saturated carbocycles. The van der Waals surface area contributed by atoms with Gasteiger partial charge >= 0.3 is 0 Å². The minimum absolute atomic E-state index is 0.254. The van der Waals surface area contributed by atoms with Crippen molar-refractivity contribution in [3.05, 3.63) is 83.4 Å². The highest BCUT2D eigenvalue weighted by molar-refractivity contribution is 5.92. The van der Waals surface area contributed by atoms with Gasteiger partial charge in [0.25, 0.3) is 5.91 Å². The molecule has 0 bridgehead atoms. The molecule has 2 N–H and O–H groups in total. The molecule has 0 radical (unpaired) electrons. The third-order valence-corrected chi connectivity index (χ3v) is 3.94. The van der Waals surface area contributed by atoms with Crippen LogP contribution in [-0.2, 0) is 6.42 Å². The van der Waals surface area contributed by atoms with E-state index in [4.69, 9.17) is 0 Å². The van der Waals surface area contributed by atoms with Gasteiger partial charge in [-0.05, 0) is 49.6 Å². The third kappa shape index (κ3) is 5.60. The van der Waals surface area contributed by atoms with Gasteiger partial charge in [-0.15, -0.1) is 0 Å². The second kappa shape index (κ2) is 8.89. The Balaban J connectivity index is 1.58. The Kier molecular flexibility index (Phi) is 6.10. The van der Waals surface area contributed by atoms with Crippen molar-refractivity contribution in [2.24, 2.45) is 0 Å². The number of amides is 1. The summed E-state index contributed by atoms with van der Waals surface area (Å²) in [6.45, 7) is 2.34. The van der Waals surface area contributed by atoms with Gasteiger partial charge in [-0.1, -0.05) is 36.4 Å². The molecule has 5 nitrogen and oxygen atoms in total. The second-order valence-electron chi connectivity index (χ2n) is 6.20. The Morgan fingerprint density at radius 2 is 1.85 bits per heavy atom. The van der Waals surface area contributed by atoms with E-state index in [1.807, 2.05) is 18.2 Å². The number of nitrogens with one attached hydrogen (secondary N) is 2. The average Bonchev–Trinajstić information content (AvgIpc) is 2.65. The molecule has 3 rings (SSSR count). The quantitative estimate of drug-likeness (QED) is 0.621.